The van der Waals surface area contributed by atoms with Crippen LogP contribution in [0.2, 0.25) is 0 Å². The number of nitrogens with zero attached hydrogens (tertiary/aromatic N) is 3. The molecule has 0 aliphatic carbocycles. The number of rotatable bonds is 6. The molecule has 0 aliphatic heterocycles. The number of hydrogen-bond donors (Lipinski definition) is 1. The second-order valence-electron chi connectivity index (χ2n) is 4.51. The van der Waals surface area contributed by atoms with Crippen LogP contribution in [0.3, 0.4) is 0 Å². The molecular weight excluding hydrogens is 224 g/mol. The van der Waals surface area contributed by atoms with Gasteiger partial charge in [-0.2, -0.15) is 0 Å². The summed E-state index contributed by atoms with van der Waals surface area (Å²) in [4.78, 5) is 0. The maximum Gasteiger partial charge on any atom is 0.0754 e. The third-order valence-electron chi connectivity index (χ3n) is 3.05. The van der Waals surface area contributed by atoms with E-state index in [-0.39, 0.29) is 6.04 Å². The molecule has 0 saturated heterocycles. The van der Waals surface area contributed by atoms with Crippen molar-refractivity contribution in [2.45, 2.75) is 38.8 Å². The normalized spacial score (nSPS) is 12.6. The lowest BCUT2D eigenvalue weighted by atomic mass is 10.0. The average Bonchev–Trinajstić information content (AvgIpc) is 2.86. The molecule has 1 unspecified atom stereocenters. The Morgan fingerprint density at radius 2 is 2.06 bits per heavy atom. The van der Waals surface area contributed by atoms with Crippen LogP contribution < -0.4 is 5.73 Å². The fourth-order valence-electron chi connectivity index (χ4n) is 2.05. The Kier molecular flexibility index (Phi) is 4.47. The summed E-state index contributed by atoms with van der Waals surface area (Å²) in [6.07, 6.45) is 4.73. The van der Waals surface area contributed by atoms with Crippen LogP contribution >= 0.6 is 0 Å². The number of nitrogens with two attached hydrogens (primary N) is 1. The van der Waals surface area contributed by atoms with Gasteiger partial charge in [-0.3, -0.25) is 0 Å². The van der Waals surface area contributed by atoms with Gasteiger partial charge in [-0.1, -0.05) is 42.5 Å². The highest BCUT2D eigenvalue weighted by atomic mass is 15.4. The van der Waals surface area contributed by atoms with Gasteiger partial charge in [0.25, 0.3) is 0 Å². The summed E-state index contributed by atoms with van der Waals surface area (Å²) in [7, 11) is 0. The van der Waals surface area contributed by atoms with E-state index < -0.39 is 0 Å². The van der Waals surface area contributed by atoms with Crippen LogP contribution in [0.4, 0.5) is 0 Å². The smallest absolute Gasteiger partial charge is 0.0754 e. The molecule has 2 aromatic rings. The van der Waals surface area contributed by atoms with Gasteiger partial charge < -0.3 is 5.73 Å². The minimum Gasteiger partial charge on any atom is -0.323 e. The predicted molar refractivity (Wildman–Crippen MR) is 72.0 cm³/mol. The molecule has 1 atom stereocenters. The van der Waals surface area contributed by atoms with Crippen molar-refractivity contribution < 1.29 is 0 Å². The Hall–Kier alpha value is -1.68. The zero-order valence-corrected chi connectivity index (χ0v) is 10.8. The first-order valence-electron chi connectivity index (χ1n) is 6.49. The van der Waals surface area contributed by atoms with Crippen LogP contribution in [0.25, 0.3) is 0 Å². The van der Waals surface area contributed by atoms with E-state index in [4.69, 9.17) is 5.73 Å². The fraction of sp³-hybridized carbons (Fsp3) is 0.429. The standard InChI is InChI=1S/C14H20N4/c1-2-10-18-14(11-16-17-18)13(15)9-8-12-6-4-3-5-7-12/h3-7,11,13H,2,8-10,15H2,1H3. The second-order valence-corrected chi connectivity index (χ2v) is 4.51. The van der Waals surface area contributed by atoms with Crippen molar-refractivity contribution in [1.29, 1.82) is 0 Å². The van der Waals surface area contributed by atoms with Crippen molar-refractivity contribution >= 4 is 0 Å². The molecule has 2 N–H and O–H groups in total. The third kappa shape index (κ3) is 3.17. The molecule has 1 heterocycles. The van der Waals surface area contributed by atoms with Gasteiger partial charge in [0, 0.05) is 12.6 Å². The van der Waals surface area contributed by atoms with E-state index in [0.717, 1.165) is 31.5 Å². The quantitative estimate of drug-likeness (QED) is 0.848. The van der Waals surface area contributed by atoms with Crippen LogP contribution in [0.5, 0.6) is 0 Å². The molecule has 0 radical (unpaired) electrons. The summed E-state index contributed by atoms with van der Waals surface area (Å²) in [5.74, 6) is 0. The molecule has 0 aliphatic rings. The zero-order valence-electron chi connectivity index (χ0n) is 10.8. The summed E-state index contributed by atoms with van der Waals surface area (Å²) < 4.78 is 1.91. The molecule has 2 rings (SSSR count). The van der Waals surface area contributed by atoms with Gasteiger partial charge >= 0.3 is 0 Å². The monoisotopic (exact) mass is 244 g/mol. The molecule has 0 fully saturated rings. The Bertz CT molecular complexity index is 464. The summed E-state index contributed by atoms with van der Waals surface area (Å²) in [6.45, 7) is 3.01. The maximum atomic E-state index is 6.22. The lowest BCUT2D eigenvalue weighted by molar-refractivity contribution is 0.513. The van der Waals surface area contributed by atoms with E-state index in [2.05, 4.69) is 41.5 Å². The Morgan fingerprint density at radius 1 is 1.28 bits per heavy atom. The van der Waals surface area contributed by atoms with Gasteiger partial charge in [0.1, 0.15) is 0 Å². The largest absolute Gasteiger partial charge is 0.323 e. The lowest BCUT2D eigenvalue weighted by Gasteiger charge is -2.12. The van der Waals surface area contributed by atoms with Gasteiger partial charge in [-0.05, 0) is 24.8 Å². The molecular formula is C14H20N4. The Labute approximate surface area is 108 Å². The number of aryl methyl sites for hydroxylation is 2. The Morgan fingerprint density at radius 3 is 2.78 bits per heavy atom. The summed E-state index contributed by atoms with van der Waals surface area (Å²) in [5.41, 5.74) is 8.57. The second kappa shape index (κ2) is 6.31. The van der Waals surface area contributed by atoms with E-state index in [1.54, 1.807) is 6.20 Å². The van der Waals surface area contributed by atoms with E-state index in [1.165, 1.54) is 5.56 Å². The highest BCUT2D eigenvalue weighted by molar-refractivity contribution is 5.15. The topological polar surface area (TPSA) is 56.7 Å². The summed E-state index contributed by atoms with van der Waals surface area (Å²) in [6, 6.07) is 10.4. The predicted octanol–water partition coefficient (Wildman–Crippen LogP) is 2.32. The molecule has 1 aromatic heterocycles. The molecule has 96 valence electrons. The fourth-order valence-corrected chi connectivity index (χ4v) is 2.05. The molecule has 18 heavy (non-hydrogen) atoms. The van der Waals surface area contributed by atoms with Gasteiger partial charge in [-0.15, -0.1) is 5.10 Å². The van der Waals surface area contributed by atoms with E-state index in [9.17, 15) is 0 Å². The van der Waals surface area contributed by atoms with Crippen LogP contribution in [-0.4, -0.2) is 15.0 Å². The first-order valence-corrected chi connectivity index (χ1v) is 6.49. The first kappa shape index (κ1) is 12.8. The van der Waals surface area contributed by atoms with Crippen LogP contribution in [0, 0.1) is 0 Å². The number of benzene rings is 1. The summed E-state index contributed by atoms with van der Waals surface area (Å²) in [5, 5.41) is 8.02. The van der Waals surface area contributed by atoms with Gasteiger partial charge in [-0.25, -0.2) is 4.68 Å². The van der Waals surface area contributed by atoms with Crippen molar-refractivity contribution in [3.8, 4) is 0 Å². The molecule has 0 amide bonds. The SMILES string of the molecule is CCCn1nncc1C(N)CCc1ccccc1. The molecule has 0 spiro atoms. The summed E-state index contributed by atoms with van der Waals surface area (Å²) >= 11 is 0. The molecule has 4 nitrogen and oxygen atoms in total. The first-order chi connectivity index (χ1) is 8.81. The average molecular weight is 244 g/mol. The lowest BCUT2D eigenvalue weighted by Crippen LogP contribution is -2.17. The minimum absolute atomic E-state index is 0.00626. The maximum absolute atomic E-state index is 6.22. The van der Waals surface area contributed by atoms with Crippen molar-refractivity contribution in [2.24, 2.45) is 5.73 Å². The number of hydrogen-bond acceptors (Lipinski definition) is 3. The number of aromatic nitrogens is 3. The molecule has 0 bridgehead atoms. The highest BCUT2D eigenvalue weighted by Crippen LogP contribution is 2.15. The van der Waals surface area contributed by atoms with Crippen LogP contribution in [0.15, 0.2) is 36.5 Å². The van der Waals surface area contributed by atoms with E-state index in [1.807, 2.05) is 10.7 Å². The highest BCUT2D eigenvalue weighted by Gasteiger charge is 2.12. The van der Waals surface area contributed by atoms with Crippen LogP contribution in [-0.2, 0) is 13.0 Å². The van der Waals surface area contributed by atoms with Crippen molar-refractivity contribution in [3.63, 3.8) is 0 Å². The van der Waals surface area contributed by atoms with Crippen molar-refractivity contribution in [3.05, 3.63) is 47.8 Å². The molecule has 0 saturated carbocycles. The van der Waals surface area contributed by atoms with E-state index in [0.29, 0.717) is 0 Å². The van der Waals surface area contributed by atoms with Crippen LogP contribution in [0.1, 0.15) is 37.1 Å². The van der Waals surface area contributed by atoms with Gasteiger partial charge in [0.2, 0.25) is 0 Å². The molecule has 4 heteroatoms. The van der Waals surface area contributed by atoms with Crippen molar-refractivity contribution in [1.82, 2.24) is 15.0 Å². The minimum atomic E-state index is 0.00626. The van der Waals surface area contributed by atoms with E-state index >= 15 is 0 Å². The third-order valence-corrected chi connectivity index (χ3v) is 3.05. The van der Waals surface area contributed by atoms with Gasteiger partial charge in [0.15, 0.2) is 0 Å². The zero-order chi connectivity index (χ0) is 12.8. The molecule has 1 aromatic carbocycles. The van der Waals surface area contributed by atoms with Gasteiger partial charge in [0.05, 0.1) is 11.9 Å². The Balaban J connectivity index is 1.95. The van der Waals surface area contributed by atoms with Crippen molar-refractivity contribution in [2.75, 3.05) is 0 Å².